The SMILES string of the molecule is CCNC(=NCc1csc(N(C)C)n1)NCc1ccon1.I. The number of anilines is 1. The monoisotopic (exact) mass is 436 g/mol. The molecule has 2 N–H and O–H groups in total. The van der Waals surface area contributed by atoms with E-state index in [9.17, 15) is 0 Å². The van der Waals surface area contributed by atoms with Crippen molar-refractivity contribution in [2.45, 2.75) is 20.0 Å². The van der Waals surface area contributed by atoms with Gasteiger partial charge in [-0.05, 0) is 6.92 Å². The fourth-order valence-electron chi connectivity index (χ4n) is 1.58. The number of nitrogens with zero attached hydrogens (tertiary/aromatic N) is 4. The van der Waals surface area contributed by atoms with Gasteiger partial charge in [0.1, 0.15) is 12.0 Å². The van der Waals surface area contributed by atoms with E-state index in [0.29, 0.717) is 13.1 Å². The first-order chi connectivity index (χ1) is 10.2. The lowest BCUT2D eigenvalue weighted by molar-refractivity contribution is 0.410. The van der Waals surface area contributed by atoms with Gasteiger partial charge in [-0.3, -0.25) is 0 Å². The van der Waals surface area contributed by atoms with E-state index in [1.165, 1.54) is 0 Å². The van der Waals surface area contributed by atoms with E-state index >= 15 is 0 Å². The van der Waals surface area contributed by atoms with Crippen LogP contribution in [0.15, 0.2) is 27.2 Å². The summed E-state index contributed by atoms with van der Waals surface area (Å²) < 4.78 is 4.80. The van der Waals surface area contributed by atoms with Gasteiger partial charge < -0.3 is 20.1 Å². The largest absolute Gasteiger partial charge is 0.364 e. The maximum atomic E-state index is 4.80. The van der Waals surface area contributed by atoms with Gasteiger partial charge in [0.25, 0.3) is 0 Å². The molecule has 2 heterocycles. The van der Waals surface area contributed by atoms with Crippen molar-refractivity contribution in [2.75, 3.05) is 25.5 Å². The minimum absolute atomic E-state index is 0. The molecule has 0 radical (unpaired) electrons. The van der Waals surface area contributed by atoms with E-state index in [-0.39, 0.29) is 24.0 Å². The molecular weight excluding hydrogens is 415 g/mol. The van der Waals surface area contributed by atoms with Gasteiger partial charge in [-0.15, -0.1) is 35.3 Å². The van der Waals surface area contributed by atoms with Gasteiger partial charge in [0.15, 0.2) is 11.1 Å². The molecule has 0 aliphatic carbocycles. The predicted molar refractivity (Wildman–Crippen MR) is 100 cm³/mol. The molecule has 9 heteroatoms. The smallest absolute Gasteiger partial charge is 0.191 e. The maximum absolute atomic E-state index is 4.80. The van der Waals surface area contributed by atoms with Crippen molar-refractivity contribution >= 4 is 46.4 Å². The van der Waals surface area contributed by atoms with E-state index in [1.807, 2.05) is 37.4 Å². The lowest BCUT2D eigenvalue weighted by Crippen LogP contribution is -2.36. The number of halogens is 1. The molecule has 0 amide bonds. The van der Waals surface area contributed by atoms with Crippen LogP contribution in [-0.4, -0.2) is 36.7 Å². The summed E-state index contributed by atoms with van der Waals surface area (Å²) in [5, 5.41) is 13.3. The lowest BCUT2D eigenvalue weighted by Gasteiger charge is -2.09. The van der Waals surface area contributed by atoms with E-state index in [2.05, 4.69) is 25.8 Å². The third-order valence-corrected chi connectivity index (χ3v) is 3.65. The summed E-state index contributed by atoms with van der Waals surface area (Å²) in [7, 11) is 3.96. The quantitative estimate of drug-likeness (QED) is 0.410. The van der Waals surface area contributed by atoms with Crippen LogP contribution in [0.1, 0.15) is 18.3 Å². The molecule has 7 nitrogen and oxygen atoms in total. The van der Waals surface area contributed by atoms with Crippen LogP contribution in [-0.2, 0) is 13.1 Å². The van der Waals surface area contributed by atoms with Crippen LogP contribution in [0.3, 0.4) is 0 Å². The summed E-state index contributed by atoms with van der Waals surface area (Å²) in [6.07, 6.45) is 1.55. The number of thiazole rings is 1. The molecule has 122 valence electrons. The Morgan fingerprint density at radius 2 is 2.18 bits per heavy atom. The van der Waals surface area contributed by atoms with Crippen molar-refractivity contribution < 1.29 is 4.52 Å². The van der Waals surface area contributed by atoms with Gasteiger partial charge in [-0.2, -0.15) is 0 Å². The molecule has 2 rings (SSSR count). The standard InChI is InChI=1S/C13H20N6OS.HI/c1-4-14-12(15-7-10-5-6-20-18-10)16-8-11-9-21-13(17-11)19(2)3;/h5-6,9H,4,7-8H2,1-3H3,(H2,14,15,16);1H. The number of nitrogens with one attached hydrogen (secondary N) is 2. The number of rotatable bonds is 6. The van der Waals surface area contributed by atoms with Crippen LogP contribution in [0, 0.1) is 0 Å². The molecule has 0 bridgehead atoms. The predicted octanol–water partition coefficient (Wildman–Crippen LogP) is 2.07. The molecule has 0 aromatic carbocycles. The zero-order valence-corrected chi connectivity index (χ0v) is 16.0. The number of aromatic nitrogens is 2. The molecule has 22 heavy (non-hydrogen) atoms. The van der Waals surface area contributed by atoms with Crippen molar-refractivity contribution in [1.29, 1.82) is 0 Å². The Hall–Kier alpha value is -1.36. The lowest BCUT2D eigenvalue weighted by atomic mass is 10.4. The molecule has 2 aromatic rings. The van der Waals surface area contributed by atoms with Gasteiger partial charge in [-0.25, -0.2) is 9.98 Å². The molecule has 0 atom stereocenters. The Morgan fingerprint density at radius 3 is 2.77 bits per heavy atom. The second kappa shape index (κ2) is 9.62. The van der Waals surface area contributed by atoms with E-state index in [0.717, 1.165) is 29.0 Å². The topological polar surface area (TPSA) is 78.6 Å². The highest BCUT2D eigenvalue weighted by molar-refractivity contribution is 14.0. The normalized spacial score (nSPS) is 11.0. The van der Waals surface area contributed by atoms with E-state index < -0.39 is 0 Å². The highest BCUT2D eigenvalue weighted by atomic mass is 127. The fraction of sp³-hybridized carbons (Fsp3) is 0.462. The van der Waals surface area contributed by atoms with Crippen molar-refractivity contribution in [3.05, 3.63) is 29.1 Å². The zero-order chi connectivity index (χ0) is 15.1. The van der Waals surface area contributed by atoms with Crippen LogP contribution < -0.4 is 15.5 Å². The first kappa shape index (κ1) is 18.7. The second-order valence-corrected chi connectivity index (χ2v) is 5.39. The molecule has 2 aromatic heterocycles. The van der Waals surface area contributed by atoms with Crippen molar-refractivity contribution in [2.24, 2.45) is 4.99 Å². The van der Waals surface area contributed by atoms with E-state index in [1.54, 1.807) is 17.6 Å². The van der Waals surface area contributed by atoms with Gasteiger partial charge in [0.2, 0.25) is 0 Å². The number of hydrogen-bond donors (Lipinski definition) is 2. The minimum Gasteiger partial charge on any atom is -0.364 e. The Labute approximate surface area is 151 Å². The van der Waals surface area contributed by atoms with Crippen LogP contribution in [0.4, 0.5) is 5.13 Å². The third kappa shape index (κ3) is 5.79. The Kier molecular flexibility index (Phi) is 8.17. The van der Waals surface area contributed by atoms with Gasteiger partial charge in [0, 0.05) is 32.1 Å². The molecule has 0 saturated carbocycles. The summed E-state index contributed by atoms with van der Waals surface area (Å²) in [6, 6.07) is 1.82. The van der Waals surface area contributed by atoms with Crippen LogP contribution >= 0.6 is 35.3 Å². The summed E-state index contributed by atoms with van der Waals surface area (Å²) in [5.41, 5.74) is 1.80. The van der Waals surface area contributed by atoms with Crippen LogP contribution in [0.25, 0.3) is 0 Å². The Bertz CT molecular complexity index is 569. The molecule has 0 unspecified atom stereocenters. The second-order valence-electron chi connectivity index (χ2n) is 4.56. The molecule has 0 aliphatic rings. The first-order valence-electron chi connectivity index (χ1n) is 6.72. The molecule has 0 aliphatic heterocycles. The fourth-order valence-corrected chi connectivity index (χ4v) is 2.33. The minimum atomic E-state index is 0. The number of hydrogen-bond acceptors (Lipinski definition) is 6. The summed E-state index contributed by atoms with van der Waals surface area (Å²) in [4.78, 5) is 11.0. The average Bonchev–Trinajstić information content (AvgIpc) is 3.13. The van der Waals surface area contributed by atoms with Gasteiger partial charge >= 0.3 is 0 Å². The Balaban J connectivity index is 0.00000242. The maximum Gasteiger partial charge on any atom is 0.191 e. The highest BCUT2D eigenvalue weighted by Crippen LogP contribution is 2.18. The zero-order valence-electron chi connectivity index (χ0n) is 12.9. The molecule has 0 spiro atoms. The molecule has 0 saturated heterocycles. The van der Waals surface area contributed by atoms with Crippen molar-refractivity contribution in [1.82, 2.24) is 20.8 Å². The summed E-state index contributed by atoms with van der Waals surface area (Å²) in [5.74, 6) is 0.736. The third-order valence-electron chi connectivity index (χ3n) is 2.59. The first-order valence-corrected chi connectivity index (χ1v) is 7.60. The van der Waals surface area contributed by atoms with Crippen LogP contribution in [0.2, 0.25) is 0 Å². The van der Waals surface area contributed by atoms with Crippen LogP contribution in [0.5, 0.6) is 0 Å². The summed E-state index contributed by atoms with van der Waals surface area (Å²) >= 11 is 1.62. The summed E-state index contributed by atoms with van der Waals surface area (Å²) in [6.45, 7) is 3.94. The van der Waals surface area contributed by atoms with E-state index in [4.69, 9.17) is 4.52 Å². The average molecular weight is 436 g/mol. The number of guanidine groups is 1. The Morgan fingerprint density at radius 1 is 1.36 bits per heavy atom. The highest BCUT2D eigenvalue weighted by Gasteiger charge is 2.04. The molecular formula is C13H21IN6OS. The molecule has 0 fully saturated rings. The van der Waals surface area contributed by atoms with Gasteiger partial charge in [0.05, 0.1) is 18.8 Å². The van der Waals surface area contributed by atoms with Gasteiger partial charge in [-0.1, -0.05) is 5.16 Å². The van der Waals surface area contributed by atoms with Crippen molar-refractivity contribution in [3.63, 3.8) is 0 Å². The van der Waals surface area contributed by atoms with Crippen molar-refractivity contribution in [3.8, 4) is 0 Å². The number of aliphatic imine (C=N–C) groups is 1.